The van der Waals surface area contributed by atoms with Crippen LogP contribution < -0.4 is 11.0 Å². The van der Waals surface area contributed by atoms with Gasteiger partial charge in [-0.25, -0.2) is 4.79 Å². The highest BCUT2D eigenvalue weighted by molar-refractivity contribution is 5.08. The Morgan fingerprint density at radius 2 is 2.29 bits per heavy atom. The minimum Gasteiger partial charge on any atom is -0.316 e. The van der Waals surface area contributed by atoms with Crippen molar-refractivity contribution < 1.29 is 0 Å². The molecule has 1 aromatic rings. The van der Waals surface area contributed by atoms with Crippen molar-refractivity contribution in [1.82, 2.24) is 14.5 Å². The predicted octanol–water partition coefficient (Wildman–Crippen LogP) is 0.191. The molecule has 0 aromatic carbocycles. The molecule has 0 amide bonds. The molecular formula is C10H17N3O. The molecule has 1 fully saturated rings. The highest BCUT2D eigenvalue weighted by Crippen LogP contribution is 2.21. The van der Waals surface area contributed by atoms with E-state index in [1.807, 2.05) is 20.3 Å². The van der Waals surface area contributed by atoms with Gasteiger partial charge in [0.1, 0.15) is 0 Å². The number of hydrogen-bond acceptors (Lipinski definition) is 2. The number of hydrogen-bond donors (Lipinski definition) is 1. The first-order valence-electron chi connectivity index (χ1n) is 5.13. The molecule has 4 heteroatoms. The summed E-state index contributed by atoms with van der Waals surface area (Å²) in [5, 5.41) is 3.36. The van der Waals surface area contributed by atoms with Gasteiger partial charge in [-0.15, -0.1) is 0 Å². The second-order valence-corrected chi connectivity index (χ2v) is 4.05. The molecule has 2 heterocycles. The standard InChI is InChI=1S/C10H17N3O/c1-12-7-9(13(2)10(12)14)8-4-3-5-11-6-8/h7-8,11H,3-6H2,1-2H3. The van der Waals surface area contributed by atoms with Gasteiger partial charge >= 0.3 is 5.69 Å². The van der Waals surface area contributed by atoms with Crippen LogP contribution in [0.2, 0.25) is 0 Å². The number of rotatable bonds is 1. The van der Waals surface area contributed by atoms with Crippen LogP contribution in [-0.2, 0) is 14.1 Å². The molecule has 0 bridgehead atoms. The summed E-state index contributed by atoms with van der Waals surface area (Å²) in [5.74, 6) is 0.502. The molecule has 4 nitrogen and oxygen atoms in total. The van der Waals surface area contributed by atoms with Crippen molar-refractivity contribution in [2.24, 2.45) is 14.1 Å². The molecule has 0 radical (unpaired) electrons. The van der Waals surface area contributed by atoms with Gasteiger partial charge in [-0.3, -0.25) is 4.57 Å². The molecule has 1 aromatic heterocycles. The number of nitrogens with zero attached hydrogens (tertiary/aromatic N) is 2. The Balaban J connectivity index is 2.31. The van der Waals surface area contributed by atoms with Gasteiger partial charge in [0, 0.05) is 38.4 Å². The molecule has 14 heavy (non-hydrogen) atoms. The molecule has 0 saturated carbocycles. The number of aromatic nitrogens is 2. The minimum atomic E-state index is 0.0746. The van der Waals surface area contributed by atoms with E-state index in [9.17, 15) is 4.79 Å². The average molecular weight is 195 g/mol. The van der Waals surface area contributed by atoms with E-state index >= 15 is 0 Å². The molecule has 1 atom stereocenters. The van der Waals surface area contributed by atoms with Gasteiger partial charge in [0.25, 0.3) is 0 Å². The highest BCUT2D eigenvalue weighted by atomic mass is 16.1. The summed E-state index contributed by atoms with van der Waals surface area (Å²) in [7, 11) is 3.66. The van der Waals surface area contributed by atoms with Crippen molar-refractivity contribution in [3.05, 3.63) is 22.4 Å². The molecule has 1 aliphatic heterocycles. The molecule has 2 rings (SSSR count). The Labute approximate surface area is 83.5 Å². The quantitative estimate of drug-likeness (QED) is 0.695. The maximum absolute atomic E-state index is 11.5. The summed E-state index contributed by atoms with van der Waals surface area (Å²) in [6.07, 6.45) is 4.35. The smallest absolute Gasteiger partial charge is 0.316 e. The van der Waals surface area contributed by atoms with Crippen LogP contribution in [0.5, 0.6) is 0 Å². The molecule has 1 saturated heterocycles. The SMILES string of the molecule is Cn1cc(C2CCCNC2)n(C)c1=O. The number of imidazole rings is 1. The molecule has 0 aliphatic carbocycles. The zero-order chi connectivity index (χ0) is 10.1. The molecular weight excluding hydrogens is 178 g/mol. The maximum atomic E-state index is 11.5. The summed E-state index contributed by atoms with van der Waals surface area (Å²) >= 11 is 0. The van der Waals surface area contributed by atoms with Crippen molar-refractivity contribution in [2.45, 2.75) is 18.8 Å². The molecule has 1 aliphatic rings. The van der Waals surface area contributed by atoms with Crippen molar-refractivity contribution in [3.8, 4) is 0 Å². The monoisotopic (exact) mass is 195 g/mol. The van der Waals surface area contributed by atoms with E-state index in [2.05, 4.69) is 5.32 Å². The number of aryl methyl sites for hydroxylation is 1. The Morgan fingerprint density at radius 3 is 2.79 bits per heavy atom. The van der Waals surface area contributed by atoms with Gasteiger partial charge in [0.05, 0.1) is 0 Å². The zero-order valence-corrected chi connectivity index (χ0v) is 8.79. The molecule has 78 valence electrons. The van der Waals surface area contributed by atoms with Crippen LogP contribution in [0.15, 0.2) is 11.0 Å². The fourth-order valence-electron chi connectivity index (χ4n) is 2.17. The van der Waals surface area contributed by atoms with E-state index in [0.717, 1.165) is 18.8 Å². The topological polar surface area (TPSA) is 39.0 Å². The second-order valence-electron chi connectivity index (χ2n) is 4.05. The summed E-state index contributed by atoms with van der Waals surface area (Å²) in [6, 6.07) is 0. The van der Waals surface area contributed by atoms with Crippen LogP contribution in [0.3, 0.4) is 0 Å². The molecule has 1 N–H and O–H groups in total. The van der Waals surface area contributed by atoms with Gasteiger partial charge < -0.3 is 9.88 Å². The lowest BCUT2D eigenvalue weighted by Gasteiger charge is -2.22. The van der Waals surface area contributed by atoms with E-state index < -0.39 is 0 Å². The van der Waals surface area contributed by atoms with Crippen molar-refractivity contribution in [2.75, 3.05) is 13.1 Å². The second kappa shape index (κ2) is 3.61. The van der Waals surface area contributed by atoms with E-state index in [-0.39, 0.29) is 5.69 Å². The fraction of sp³-hybridized carbons (Fsp3) is 0.700. The normalized spacial score (nSPS) is 22.6. The first-order chi connectivity index (χ1) is 6.70. The van der Waals surface area contributed by atoms with Gasteiger partial charge in [0.15, 0.2) is 0 Å². The molecule has 0 spiro atoms. The van der Waals surface area contributed by atoms with Crippen molar-refractivity contribution in [3.63, 3.8) is 0 Å². The Morgan fingerprint density at radius 1 is 1.50 bits per heavy atom. The minimum absolute atomic E-state index is 0.0746. The third kappa shape index (κ3) is 1.50. The van der Waals surface area contributed by atoms with Crippen LogP contribution in [0.25, 0.3) is 0 Å². The largest absolute Gasteiger partial charge is 0.327 e. The van der Waals surface area contributed by atoms with Crippen LogP contribution in [-0.4, -0.2) is 22.2 Å². The summed E-state index contributed by atoms with van der Waals surface area (Å²) in [6.45, 7) is 2.11. The molecule has 1 unspecified atom stereocenters. The lowest BCUT2D eigenvalue weighted by Crippen LogP contribution is -2.30. The maximum Gasteiger partial charge on any atom is 0.327 e. The van der Waals surface area contributed by atoms with Gasteiger partial charge in [-0.1, -0.05) is 0 Å². The van der Waals surface area contributed by atoms with Crippen LogP contribution >= 0.6 is 0 Å². The number of nitrogens with one attached hydrogen (secondary N) is 1. The summed E-state index contributed by atoms with van der Waals surface area (Å²) in [4.78, 5) is 11.5. The van der Waals surface area contributed by atoms with Crippen molar-refractivity contribution >= 4 is 0 Å². The lowest BCUT2D eigenvalue weighted by molar-refractivity contribution is 0.446. The number of piperidine rings is 1. The van der Waals surface area contributed by atoms with Crippen LogP contribution in [0, 0.1) is 0 Å². The Hall–Kier alpha value is -1.03. The van der Waals surface area contributed by atoms with Gasteiger partial charge in [0.2, 0.25) is 0 Å². The van der Waals surface area contributed by atoms with Gasteiger partial charge in [-0.2, -0.15) is 0 Å². The summed E-state index contributed by atoms with van der Waals surface area (Å²) in [5.41, 5.74) is 1.23. The van der Waals surface area contributed by atoms with Crippen LogP contribution in [0.1, 0.15) is 24.5 Å². The average Bonchev–Trinajstić information content (AvgIpc) is 2.47. The van der Waals surface area contributed by atoms with E-state index in [1.165, 1.54) is 12.8 Å². The first kappa shape index (κ1) is 9.52. The van der Waals surface area contributed by atoms with Crippen molar-refractivity contribution in [1.29, 1.82) is 0 Å². The summed E-state index contributed by atoms with van der Waals surface area (Å²) < 4.78 is 3.42. The predicted molar refractivity (Wildman–Crippen MR) is 55.5 cm³/mol. The van der Waals surface area contributed by atoms with E-state index in [4.69, 9.17) is 0 Å². The zero-order valence-electron chi connectivity index (χ0n) is 8.79. The first-order valence-corrected chi connectivity index (χ1v) is 5.13. The fourth-order valence-corrected chi connectivity index (χ4v) is 2.17. The van der Waals surface area contributed by atoms with Crippen LogP contribution in [0.4, 0.5) is 0 Å². The Kier molecular flexibility index (Phi) is 2.46. The lowest BCUT2D eigenvalue weighted by atomic mass is 9.96. The highest BCUT2D eigenvalue weighted by Gasteiger charge is 2.19. The Bertz CT molecular complexity index is 371. The van der Waals surface area contributed by atoms with E-state index in [1.54, 1.807) is 9.13 Å². The van der Waals surface area contributed by atoms with Gasteiger partial charge in [-0.05, 0) is 19.4 Å². The van der Waals surface area contributed by atoms with E-state index in [0.29, 0.717) is 5.92 Å². The third-order valence-corrected chi connectivity index (χ3v) is 3.02. The third-order valence-electron chi connectivity index (χ3n) is 3.02.